The van der Waals surface area contributed by atoms with Gasteiger partial charge in [-0.25, -0.2) is 4.39 Å². The van der Waals surface area contributed by atoms with Crippen molar-refractivity contribution >= 4 is 0 Å². The van der Waals surface area contributed by atoms with E-state index in [-0.39, 0.29) is 0 Å². The van der Waals surface area contributed by atoms with Crippen molar-refractivity contribution in [1.29, 1.82) is 0 Å². The molecule has 0 amide bonds. The van der Waals surface area contributed by atoms with Crippen LogP contribution in [0.1, 0.15) is 26.2 Å². The molecule has 50 valence electrons. The molecule has 0 spiro atoms. The minimum atomic E-state index is -0.751. The Kier molecular flexibility index (Phi) is 0.842. The van der Waals surface area contributed by atoms with Crippen molar-refractivity contribution in [2.45, 2.75) is 31.9 Å². The zero-order valence-electron chi connectivity index (χ0n) is 5.65. The van der Waals surface area contributed by atoms with Crippen molar-refractivity contribution in [3.63, 3.8) is 0 Å². The molecule has 2 rings (SSSR count). The molecule has 1 fully saturated rings. The highest BCUT2D eigenvalue weighted by atomic mass is 19.1. The van der Waals surface area contributed by atoms with E-state index in [0.29, 0.717) is 5.92 Å². The monoisotopic (exact) mass is 126 g/mol. The highest BCUT2D eigenvalue weighted by molar-refractivity contribution is 5.25. The zero-order valence-corrected chi connectivity index (χ0v) is 5.65. The van der Waals surface area contributed by atoms with Gasteiger partial charge in [-0.1, -0.05) is 11.6 Å². The van der Waals surface area contributed by atoms with Crippen LogP contribution in [-0.2, 0) is 0 Å². The summed E-state index contributed by atoms with van der Waals surface area (Å²) < 4.78 is 13.2. The third-order valence-corrected chi connectivity index (χ3v) is 2.58. The lowest BCUT2D eigenvalue weighted by molar-refractivity contribution is 0.266. The number of fused-ring (bicyclic) bond motifs is 1. The zero-order chi connectivity index (χ0) is 6.48. The van der Waals surface area contributed by atoms with E-state index in [4.69, 9.17) is 0 Å². The summed E-state index contributed by atoms with van der Waals surface area (Å²) in [6.07, 6.45) is 4.71. The van der Waals surface area contributed by atoms with Crippen molar-refractivity contribution in [1.82, 2.24) is 0 Å². The second-order valence-corrected chi connectivity index (χ2v) is 3.28. The molecular weight excluding hydrogens is 115 g/mol. The van der Waals surface area contributed by atoms with Crippen LogP contribution in [0.15, 0.2) is 11.6 Å². The van der Waals surface area contributed by atoms with Crippen LogP contribution in [0.5, 0.6) is 0 Å². The molecule has 2 aliphatic rings. The van der Waals surface area contributed by atoms with Gasteiger partial charge in [0.25, 0.3) is 0 Å². The molecule has 0 radical (unpaired) electrons. The van der Waals surface area contributed by atoms with Gasteiger partial charge in [0.15, 0.2) is 0 Å². The normalized spacial score (nSPS) is 47.8. The number of allylic oxidation sites excluding steroid dienone is 2. The van der Waals surface area contributed by atoms with Crippen LogP contribution < -0.4 is 0 Å². The van der Waals surface area contributed by atoms with Gasteiger partial charge < -0.3 is 0 Å². The summed E-state index contributed by atoms with van der Waals surface area (Å²) >= 11 is 0. The lowest BCUT2D eigenvalue weighted by Gasteiger charge is -2.11. The van der Waals surface area contributed by atoms with Crippen molar-refractivity contribution in [3.05, 3.63) is 11.6 Å². The van der Waals surface area contributed by atoms with E-state index in [1.54, 1.807) is 0 Å². The molecule has 0 bridgehead atoms. The maximum absolute atomic E-state index is 13.2. The molecule has 2 atom stereocenters. The van der Waals surface area contributed by atoms with Gasteiger partial charge in [-0.05, 0) is 26.2 Å². The second kappa shape index (κ2) is 1.39. The van der Waals surface area contributed by atoms with Crippen molar-refractivity contribution in [3.8, 4) is 0 Å². The Hall–Kier alpha value is -0.330. The molecule has 0 nitrogen and oxygen atoms in total. The maximum Gasteiger partial charge on any atom is 0.118 e. The number of halogens is 1. The second-order valence-electron chi connectivity index (χ2n) is 3.28. The first-order chi connectivity index (χ1) is 4.22. The van der Waals surface area contributed by atoms with Crippen LogP contribution in [0.2, 0.25) is 0 Å². The van der Waals surface area contributed by atoms with Gasteiger partial charge in [0.2, 0.25) is 0 Å². The Morgan fingerprint density at radius 2 is 2.56 bits per heavy atom. The van der Waals surface area contributed by atoms with Gasteiger partial charge in [0, 0.05) is 5.92 Å². The molecule has 0 aromatic rings. The third kappa shape index (κ3) is 0.637. The third-order valence-electron chi connectivity index (χ3n) is 2.58. The molecule has 0 heterocycles. The van der Waals surface area contributed by atoms with E-state index >= 15 is 0 Å². The number of rotatable bonds is 0. The quantitative estimate of drug-likeness (QED) is 0.437. The van der Waals surface area contributed by atoms with Crippen LogP contribution in [0.3, 0.4) is 0 Å². The molecule has 0 unspecified atom stereocenters. The first-order valence-electron chi connectivity index (χ1n) is 3.58. The molecule has 0 saturated heterocycles. The van der Waals surface area contributed by atoms with Gasteiger partial charge >= 0.3 is 0 Å². The lowest BCUT2D eigenvalue weighted by Crippen LogP contribution is -2.07. The van der Waals surface area contributed by atoms with Gasteiger partial charge in [-0.15, -0.1) is 0 Å². The lowest BCUT2D eigenvalue weighted by atomic mass is 10.00. The van der Waals surface area contributed by atoms with Crippen LogP contribution in [0.25, 0.3) is 0 Å². The fourth-order valence-corrected chi connectivity index (χ4v) is 1.81. The smallest absolute Gasteiger partial charge is 0.118 e. The molecule has 0 aliphatic heterocycles. The largest absolute Gasteiger partial charge is 0.243 e. The average Bonchev–Trinajstić information content (AvgIpc) is 2.43. The molecule has 9 heavy (non-hydrogen) atoms. The van der Waals surface area contributed by atoms with E-state index in [1.165, 1.54) is 5.57 Å². The summed E-state index contributed by atoms with van der Waals surface area (Å²) in [5, 5.41) is 0. The number of hydrogen-bond donors (Lipinski definition) is 0. The molecule has 0 aromatic carbocycles. The average molecular weight is 126 g/mol. The number of alkyl halides is 1. The maximum atomic E-state index is 13.2. The van der Waals surface area contributed by atoms with Crippen LogP contribution in [0, 0.1) is 5.92 Å². The molecule has 1 saturated carbocycles. The predicted molar refractivity (Wildman–Crippen MR) is 34.9 cm³/mol. The Morgan fingerprint density at radius 1 is 1.78 bits per heavy atom. The van der Waals surface area contributed by atoms with Crippen LogP contribution >= 0.6 is 0 Å². The molecular formula is C8H11F. The fourth-order valence-electron chi connectivity index (χ4n) is 1.81. The molecule has 2 aliphatic carbocycles. The predicted octanol–water partition coefficient (Wildman–Crippen LogP) is 2.45. The van der Waals surface area contributed by atoms with Gasteiger partial charge in [0.05, 0.1) is 0 Å². The van der Waals surface area contributed by atoms with E-state index in [2.05, 4.69) is 6.08 Å². The van der Waals surface area contributed by atoms with Crippen molar-refractivity contribution in [2.75, 3.05) is 0 Å². The Balaban J connectivity index is 2.23. The molecule has 0 aromatic heterocycles. The van der Waals surface area contributed by atoms with Gasteiger partial charge in [-0.2, -0.15) is 0 Å². The topological polar surface area (TPSA) is 0 Å². The fraction of sp³-hybridized carbons (Fsp3) is 0.750. The highest BCUT2D eigenvalue weighted by Crippen LogP contribution is 2.56. The Morgan fingerprint density at radius 3 is 3.11 bits per heavy atom. The van der Waals surface area contributed by atoms with Crippen LogP contribution in [0.4, 0.5) is 4.39 Å². The summed E-state index contributed by atoms with van der Waals surface area (Å²) in [7, 11) is 0. The van der Waals surface area contributed by atoms with E-state index < -0.39 is 5.67 Å². The van der Waals surface area contributed by atoms with Crippen molar-refractivity contribution < 1.29 is 4.39 Å². The van der Waals surface area contributed by atoms with Gasteiger partial charge in [-0.3, -0.25) is 0 Å². The number of hydrogen-bond acceptors (Lipinski definition) is 0. The summed E-state index contributed by atoms with van der Waals surface area (Å²) in [6.45, 7) is 2.05. The minimum absolute atomic E-state index is 0.311. The van der Waals surface area contributed by atoms with E-state index in [0.717, 1.165) is 19.3 Å². The summed E-state index contributed by atoms with van der Waals surface area (Å²) in [4.78, 5) is 0. The molecule has 0 N–H and O–H groups in total. The Bertz CT molecular complexity index is 171. The van der Waals surface area contributed by atoms with Crippen LogP contribution in [-0.4, -0.2) is 5.67 Å². The summed E-state index contributed by atoms with van der Waals surface area (Å²) in [6, 6.07) is 0. The first kappa shape index (κ1) is 5.45. The SMILES string of the molecule is CC1=CCC[C@]2(F)C[C@@H]12. The molecule has 1 heteroatoms. The van der Waals surface area contributed by atoms with E-state index in [1.807, 2.05) is 6.92 Å². The van der Waals surface area contributed by atoms with Gasteiger partial charge in [0.1, 0.15) is 5.67 Å². The highest BCUT2D eigenvalue weighted by Gasteiger charge is 2.56. The standard InChI is InChI=1S/C8H11F/c1-6-3-2-4-8(9)5-7(6)8/h3,7H,2,4-5H2,1H3/t7-,8-/m0/s1. The summed E-state index contributed by atoms with van der Waals surface area (Å²) in [5.74, 6) is 0.311. The Labute approximate surface area is 54.8 Å². The minimum Gasteiger partial charge on any atom is -0.243 e. The van der Waals surface area contributed by atoms with Crippen molar-refractivity contribution in [2.24, 2.45) is 5.92 Å². The van der Waals surface area contributed by atoms with E-state index in [9.17, 15) is 4.39 Å². The summed E-state index contributed by atoms with van der Waals surface area (Å²) in [5.41, 5.74) is 0.530. The first-order valence-corrected chi connectivity index (χ1v) is 3.58.